The molecule has 6 nitrogen and oxygen atoms in total. The number of pyridine rings is 2. The van der Waals surface area contributed by atoms with Gasteiger partial charge in [-0.3, -0.25) is 4.98 Å². The predicted molar refractivity (Wildman–Crippen MR) is 78.1 cm³/mol. The number of aromatic nitrogens is 2. The zero-order valence-corrected chi connectivity index (χ0v) is 12.4. The molecule has 0 aromatic carbocycles. The second-order valence-corrected chi connectivity index (χ2v) is 4.91. The van der Waals surface area contributed by atoms with Crippen LogP contribution in [0.15, 0.2) is 35.6 Å². The van der Waals surface area contributed by atoms with Gasteiger partial charge in [-0.25, -0.2) is 9.78 Å². The number of carbonyl (C=O) groups is 1. The van der Waals surface area contributed by atoms with Crippen LogP contribution in [-0.4, -0.2) is 35.3 Å². The van der Waals surface area contributed by atoms with E-state index in [1.165, 1.54) is 24.9 Å². The predicted octanol–water partition coefficient (Wildman–Crippen LogP) is 2.48. The van der Waals surface area contributed by atoms with Crippen LogP contribution < -0.4 is 9.47 Å². The lowest BCUT2D eigenvalue weighted by Gasteiger charge is -2.11. The number of nitrogens with zero attached hydrogens (tertiary/aromatic N) is 2. The molecule has 2 aromatic heterocycles. The van der Waals surface area contributed by atoms with Gasteiger partial charge in [-0.15, -0.1) is 0 Å². The SMILES string of the molecule is COc1ccnc(CSc2ncccc2C(=O)O)c1OC. The molecule has 0 saturated heterocycles. The number of carboxylic acid groups (broad SMARTS) is 1. The van der Waals surface area contributed by atoms with Gasteiger partial charge in [-0.05, 0) is 12.1 Å². The second-order valence-electron chi connectivity index (χ2n) is 3.94. The summed E-state index contributed by atoms with van der Waals surface area (Å²) >= 11 is 1.29. The molecule has 0 aliphatic carbocycles. The number of thioether (sulfide) groups is 1. The molecule has 110 valence electrons. The Bertz CT molecular complexity index is 649. The molecule has 0 amide bonds. The summed E-state index contributed by atoms with van der Waals surface area (Å²) in [6.07, 6.45) is 3.18. The first kappa shape index (κ1) is 15.1. The molecule has 0 fully saturated rings. The molecule has 2 aromatic rings. The summed E-state index contributed by atoms with van der Waals surface area (Å²) in [6.45, 7) is 0. The third-order valence-electron chi connectivity index (χ3n) is 2.71. The first-order valence-electron chi connectivity index (χ1n) is 6.04. The fraction of sp³-hybridized carbons (Fsp3) is 0.214. The zero-order chi connectivity index (χ0) is 15.2. The Morgan fingerprint density at radius 1 is 1.24 bits per heavy atom. The van der Waals surface area contributed by atoms with E-state index >= 15 is 0 Å². The normalized spacial score (nSPS) is 10.2. The van der Waals surface area contributed by atoms with E-state index in [-0.39, 0.29) is 5.56 Å². The quantitative estimate of drug-likeness (QED) is 0.821. The highest BCUT2D eigenvalue weighted by atomic mass is 32.2. The van der Waals surface area contributed by atoms with Crippen LogP contribution in [0.4, 0.5) is 0 Å². The average Bonchev–Trinajstić information content (AvgIpc) is 2.52. The first-order chi connectivity index (χ1) is 10.2. The molecule has 0 spiro atoms. The highest BCUT2D eigenvalue weighted by molar-refractivity contribution is 7.98. The van der Waals surface area contributed by atoms with Gasteiger partial charge < -0.3 is 14.6 Å². The van der Waals surface area contributed by atoms with E-state index in [1.807, 2.05) is 0 Å². The van der Waals surface area contributed by atoms with E-state index in [9.17, 15) is 4.79 Å². The van der Waals surface area contributed by atoms with Crippen molar-refractivity contribution in [1.82, 2.24) is 9.97 Å². The summed E-state index contributed by atoms with van der Waals surface area (Å²) in [7, 11) is 3.09. The lowest BCUT2D eigenvalue weighted by atomic mass is 10.3. The summed E-state index contributed by atoms with van der Waals surface area (Å²) < 4.78 is 10.5. The van der Waals surface area contributed by atoms with E-state index in [4.69, 9.17) is 14.6 Å². The minimum Gasteiger partial charge on any atom is -0.493 e. The van der Waals surface area contributed by atoms with Crippen LogP contribution in [0.5, 0.6) is 11.5 Å². The number of rotatable bonds is 6. The number of hydrogen-bond donors (Lipinski definition) is 1. The van der Waals surface area contributed by atoms with Crippen molar-refractivity contribution in [2.45, 2.75) is 10.8 Å². The van der Waals surface area contributed by atoms with Crippen molar-refractivity contribution in [3.63, 3.8) is 0 Å². The fourth-order valence-electron chi connectivity index (χ4n) is 1.76. The number of ether oxygens (including phenoxy) is 2. The Kier molecular flexibility index (Phi) is 4.99. The minimum atomic E-state index is -1.00. The maximum Gasteiger partial charge on any atom is 0.338 e. The molecule has 7 heteroatoms. The highest BCUT2D eigenvalue weighted by Crippen LogP contribution is 2.33. The average molecular weight is 306 g/mol. The summed E-state index contributed by atoms with van der Waals surface area (Å²) in [4.78, 5) is 19.5. The molecule has 0 radical (unpaired) electrons. The number of aromatic carboxylic acids is 1. The molecule has 2 rings (SSSR count). The van der Waals surface area contributed by atoms with Crippen molar-refractivity contribution >= 4 is 17.7 Å². The third-order valence-corrected chi connectivity index (χ3v) is 3.73. The second kappa shape index (κ2) is 6.94. The molecule has 0 atom stereocenters. The molecule has 0 unspecified atom stereocenters. The van der Waals surface area contributed by atoms with Gasteiger partial charge in [0.25, 0.3) is 0 Å². The van der Waals surface area contributed by atoms with Crippen LogP contribution in [0, 0.1) is 0 Å². The Labute approximate surface area is 126 Å². The largest absolute Gasteiger partial charge is 0.493 e. The molecule has 0 aliphatic heterocycles. The van der Waals surface area contributed by atoms with Crippen LogP contribution in [0.25, 0.3) is 0 Å². The molecule has 0 saturated carbocycles. The van der Waals surface area contributed by atoms with Crippen molar-refractivity contribution in [2.75, 3.05) is 14.2 Å². The molecule has 1 N–H and O–H groups in total. The highest BCUT2D eigenvalue weighted by Gasteiger charge is 2.15. The van der Waals surface area contributed by atoms with Crippen LogP contribution in [-0.2, 0) is 5.75 Å². The van der Waals surface area contributed by atoms with Crippen LogP contribution >= 0.6 is 11.8 Å². The van der Waals surface area contributed by atoms with Gasteiger partial charge in [0, 0.05) is 24.2 Å². The first-order valence-corrected chi connectivity index (χ1v) is 7.03. The smallest absolute Gasteiger partial charge is 0.338 e. The topological polar surface area (TPSA) is 81.5 Å². The van der Waals surface area contributed by atoms with Crippen molar-refractivity contribution in [3.8, 4) is 11.5 Å². The minimum absolute atomic E-state index is 0.171. The van der Waals surface area contributed by atoms with E-state index in [0.717, 1.165) is 0 Å². The summed E-state index contributed by atoms with van der Waals surface area (Å²) in [5.74, 6) is 0.552. The monoisotopic (exact) mass is 306 g/mol. The fourth-order valence-corrected chi connectivity index (χ4v) is 2.68. The van der Waals surface area contributed by atoms with Crippen molar-refractivity contribution in [2.24, 2.45) is 0 Å². The van der Waals surface area contributed by atoms with E-state index in [2.05, 4.69) is 9.97 Å². The van der Waals surface area contributed by atoms with Crippen molar-refractivity contribution in [1.29, 1.82) is 0 Å². The standard InChI is InChI=1S/C14H14N2O4S/c1-19-11-5-7-15-10(12(11)20-2)8-21-13-9(14(17)18)4-3-6-16-13/h3-7H,8H2,1-2H3,(H,17,18). The van der Waals surface area contributed by atoms with Gasteiger partial charge >= 0.3 is 5.97 Å². The Balaban J connectivity index is 2.23. The van der Waals surface area contributed by atoms with E-state index < -0.39 is 5.97 Å². The summed E-state index contributed by atoms with van der Waals surface area (Å²) in [5, 5.41) is 9.57. The molecule has 21 heavy (non-hydrogen) atoms. The van der Waals surface area contributed by atoms with Gasteiger partial charge in [0.1, 0.15) is 5.03 Å². The maximum atomic E-state index is 11.1. The van der Waals surface area contributed by atoms with Crippen LogP contribution in [0.2, 0.25) is 0 Å². The van der Waals surface area contributed by atoms with E-state index in [1.54, 1.807) is 31.6 Å². The van der Waals surface area contributed by atoms with Gasteiger partial charge in [-0.2, -0.15) is 0 Å². The number of hydrogen-bond acceptors (Lipinski definition) is 6. The van der Waals surface area contributed by atoms with E-state index in [0.29, 0.717) is 28.0 Å². The summed E-state index contributed by atoms with van der Waals surface area (Å²) in [5.41, 5.74) is 0.841. The Hall–Kier alpha value is -2.28. The molecule has 2 heterocycles. The van der Waals surface area contributed by atoms with Crippen molar-refractivity contribution in [3.05, 3.63) is 41.9 Å². The van der Waals surface area contributed by atoms with Crippen LogP contribution in [0.3, 0.4) is 0 Å². The van der Waals surface area contributed by atoms with Gasteiger partial charge in [0.05, 0.1) is 25.5 Å². The van der Waals surface area contributed by atoms with Gasteiger partial charge in [0.15, 0.2) is 11.5 Å². The lowest BCUT2D eigenvalue weighted by molar-refractivity contribution is 0.0692. The summed E-state index contributed by atoms with van der Waals surface area (Å²) in [6, 6.07) is 4.82. The number of carboxylic acids is 1. The van der Waals surface area contributed by atoms with Gasteiger partial charge in [0.2, 0.25) is 0 Å². The molecular formula is C14H14N2O4S. The number of methoxy groups -OCH3 is 2. The van der Waals surface area contributed by atoms with Gasteiger partial charge in [-0.1, -0.05) is 11.8 Å². The molecular weight excluding hydrogens is 292 g/mol. The van der Waals surface area contributed by atoms with Crippen LogP contribution in [0.1, 0.15) is 16.1 Å². The Morgan fingerprint density at radius 2 is 2.05 bits per heavy atom. The molecule has 0 bridgehead atoms. The van der Waals surface area contributed by atoms with Crippen molar-refractivity contribution < 1.29 is 19.4 Å². The zero-order valence-electron chi connectivity index (χ0n) is 11.6. The lowest BCUT2D eigenvalue weighted by Crippen LogP contribution is -2.01. The molecule has 0 aliphatic rings. The third kappa shape index (κ3) is 3.43. The maximum absolute atomic E-state index is 11.1. The Morgan fingerprint density at radius 3 is 2.71 bits per heavy atom.